The number of nitrogens with one attached hydrogen (secondary N) is 1. The van der Waals surface area contributed by atoms with E-state index in [0.29, 0.717) is 30.6 Å². The summed E-state index contributed by atoms with van der Waals surface area (Å²) in [6.07, 6.45) is 4.72. The average molecular weight is 435 g/mol. The van der Waals surface area contributed by atoms with Crippen molar-refractivity contribution in [1.82, 2.24) is 25.3 Å². The van der Waals surface area contributed by atoms with Gasteiger partial charge in [0.1, 0.15) is 5.60 Å². The summed E-state index contributed by atoms with van der Waals surface area (Å²) in [7, 11) is 0. The Morgan fingerprint density at radius 2 is 2.00 bits per heavy atom. The van der Waals surface area contributed by atoms with Gasteiger partial charge in [0, 0.05) is 38.6 Å². The van der Waals surface area contributed by atoms with E-state index in [1.54, 1.807) is 0 Å². The van der Waals surface area contributed by atoms with Gasteiger partial charge in [-0.2, -0.15) is 4.98 Å². The number of aliphatic imine (C=N–C) groups is 1. The van der Waals surface area contributed by atoms with Gasteiger partial charge in [0.2, 0.25) is 5.89 Å². The standard InChI is InChI=1S/C22H38N6O3/c1-6-23-20(24-12-9-19-25-16(2)26-31-19)27-13-10-18(11-14-27)28(15-17-7-8-17)21(29)30-22(3,4)5/h17-18H,6-15H2,1-5H3,(H,23,24). The molecule has 1 aromatic heterocycles. The number of likely N-dealkylation sites (tertiary alicyclic amines) is 1. The number of hydrogen-bond donors (Lipinski definition) is 1. The molecule has 1 aliphatic heterocycles. The molecule has 0 bridgehead atoms. The van der Waals surface area contributed by atoms with Gasteiger partial charge in [0.05, 0.1) is 6.54 Å². The fourth-order valence-corrected chi connectivity index (χ4v) is 3.79. The van der Waals surface area contributed by atoms with Crippen molar-refractivity contribution in [1.29, 1.82) is 0 Å². The number of hydrogen-bond acceptors (Lipinski definition) is 6. The number of rotatable bonds is 7. The minimum absolute atomic E-state index is 0.173. The third-order valence-electron chi connectivity index (χ3n) is 5.48. The number of carbonyl (C=O) groups excluding carboxylic acids is 1. The van der Waals surface area contributed by atoms with Gasteiger partial charge in [-0.3, -0.25) is 4.99 Å². The van der Waals surface area contributed by atoms with Crippen molar-refractivity contribution in [2.45, 2.75) is 78.4 Å². The van der Waals surface area contributed by atoms with Gasteiger partial charge in [-0.15, -0.1) is 0 Å². The minimum Gasteiger partial charge on any atom is -0.444 e. The summed E-state index contributed by atoms with van der Waals surface area (Å²) in [4.78, 5) is 26.1. The molecule has 0 aromatic carbocycles. The zero-order chi connectivity index (χ0) is 22.4. The second-order valence-corrected chi connectivity index (χ2v) is 9.52. The number of nitrogens with zero attached hydrogens (tertiary/aromatic N) is 5. The SMILES string of the molecule is CCNC(=NCCc1nc(C)no1)N1CCC(N(CC2CC2)C(=O)OC(C)(C)C)CC1. The number of piperidine rings is 1. The molecule has 1 saturated carbocycles. The highest BCUT2D eigenvalue weighted by molar-refractivity contribution is 5.80. The van der Waals surface area contributed by atoms with E-state index in [9.17, 15) is 4.79 Å². The maximum absolute atomic E-state index is 12.9. The molecule has 9 nitrogen and oxygen atoms in total. The van der Waals surface area contributed by atoms with Crippen LogP contribution in [0.3, 0.4) is 0 Å². The highest BCUT2D eigenvalue weighted by Crippen LogP contribution is 2.32. The molecule has 1 saturated heterocycles. The molecular formula is C22H38N6O3. The van der Waals surface area contributed by atoms with Crippen LogP contribution in [0.25, 0.3) is 0 Å². The fourth-order valence-electron chi connectivity index (χ4n) is 3.79. The summed E-state index contributed by atoms with van der Waals surface area (Å²) in [6, 6.07) is 0.218. The van der Waals surface area contributed by atoms with Gasteiger partial charge in [-0.1, -0.05) is 5.16 Å². The molecule has 0 radical (unpaired) electrons. The van der Waals surface area contributed by atoms with E-state index in [4.69, 9.17) is 14.3 Å². The van der Waals surface area contributed by atoms with Crippen molar-refractivity contribution in [2.75, 3.05) is 32.7 Å². The number of carbonyl (C=O) groups is 1. The molecular weight excluding hydrogens is 396 g/mol. The first-order valence-electron chi connectivity index (χ1n) is 11.6. The zero-order valence-electron chi connectivity index (χ0n) is 19.7. The van der Waals surface area contributed by atoms with Gasteiger partial charge >= 0.3 is 6.09 Å². The normalized spacial score (nSPS) is 18.2. The van der Waals surface area contributed by atoms with Crippen LogP contribution in [-0.2, 0) is 11.2 Å². The van der Waals surface area contributed by atoms with Crippen LogP contribution in [0.1, 0.15) is 65.1 Å². The van der Waals surface area contributed by atoms with E-state index in [1.807, 2.05) is 32.6 Å². The van der Waals surface area contributed by atoms with E-state index in [0.717, 1.165) is 45.0 Å². The lowest BCUT2D eigenvalue weighted by atomic mass is 10.0. The van der Waals surface area contributed by atoms with Crippen LogP contribution in [-0.4, -0.2) is 76.4 Å². The minimum atomic E-state index is -0.471. The van der Waals surface area contributed by atoms with Crippen molar-refractivity contribution in [3.8, 4) is 0 Å². The Bertz CT molecular complexity index is 745. The number of guanidine groups is 1. The molecule has 2 heterocycles. The van der Waals surface area contributed by atoms with E-state index in [2.05, 4.69) is 27.3 Å². The van der Waals surface area contributed by atoms with Gasteiger partial charge in [-0.05, 0) is 66.2 Å². The third kappa shape index (κ3) is 7.40. The third-order valence-corrected chi connectivity index (χ3v) is 5.48. The smallest absolute Gasteiger partial charge is 0.410 e. The molecule has 9 heteroatoms. The molecule has 0 unspecified atom stereocenters. The summed E-state index contributed by atoms with van der Waals surface area (Å²) >= 11 is 0. The van der Waals surface area contributed by atoms with E-state index >= 15 is 0 Å². The molecule has 1 amide bonds. The summed E-state index contributed by atoms with van der Waals surface area (Å²) in [6.45, 7) is 13.6. The lowest BCUT2D eigenvalue weighted by Crippen LogP contribution is -2.52. The van der Waals surface area contributed by atoms with Crippen LogP contribution in [0.2, 0.25) is 0 Å². The second kappa shape index (κ2) is 10.3. The predicted octanol–water partition coefficient (Wildman–Crippen LogP) is 3.00. The first kappa shape index (κ1) is 23.3. The Morgan fingerprint density at radius 3 is 2.55 bits per heavy atom. The van der Waals surface area contributed by atoms with Gasteiger partial charge in [0.25, 0.3) is 0 Å². The topological polar surface area (TPSA) is 96.1 Å². The monoisotopic (exact) mass is 434 g/mol. The molecule has 0 spiro atoms. The lowest BCUT2D eigenvalue weighted by Gasteiger charge is -2.40. The Kier molecular flexibility index (Phi) is 7.78. The number of aromatic nitrogens is 2. The molecule has 2 aliphatic rings. The molecule has 3 rings (SSSR count). The highest BCUT2D eigenvalue weighted by Gasteiger charge is 2.35. The quantitative estimate of drug-likeness (QED) is 0.520. The van der Waals surface area contributed by atoms with Gasteiger partial charge in [-0.25, -0.2) is 4.79 Å². The summed E-state index contributed by atoms with van der Waals surface area (Å²) in [5.41, 5.74) is -0.471. The summed E-state index contributed by atoms with van der Waals surface area (Å²) in [5, 5.41) is 7.21. The van der Waals surface area contributed by atoms with Gasteiger partial charge < -0.3 is 24.4 Å². The molecule has 1 N–H and O–H groups in total. The average Bonchev–Trinajstić information content (AvgIpc) is 3.44. The van der Waals surface area contributed by atoms with Crippen molar-refractivity contribution in [3.63, 3.8) is 0 Å². The largest absolute Gasteiger partial charge is 0.444 e. The van der Waals surface area contributed by atoms with E-state index in [1.165, 1.54) is 12.8 Å². The molecule has 174 valence electrons. The number of ether oxygens (including phenoxy) is 1. The van der Waals surface area contributed by atoms with Crippen molar-refractivity contribution in [3.05, 3.63) is 11.7 Å². The molecule has 31 heavy (non-hydrogen) atoms. The van der Waals surface area contributed by atoms with Crippen molar-refractivity contribution < 1.29 is 14.1 Å². The first-order valence-corrected chi connectivity index (χ1v) is 11.6. The second-order valence-electron chi connectivity index (χ2n) is 9.52. The summed E-state index contributed by atoms with van der Waals surface area (Å²) in [5.74, 6) is 2.80. The Balaban J connectivity index is 1.56. The molecule has 1 aliphatic carbocycles. The van der Waals surface area contributed by atoms with Crippen LogP contribution >= 0.6 is 0 Å². The maximum Gasteiger partial charge on any atom is 0.410 e. The van der Waals surface area contributed by atoms with E-state index < -0.39 is 5.60 Å². The van der Waals surface area contributed by atoms with Crippen LogP contribution in [0, 0.1) is 12.8 Å². The fraction of sp³-hybridized carbons (Fsp3) is 0.818. The van der Waals surface area contributed by atoms with Crippen LogP contribution in [0.5, 0.6) is 0 Å². The molecule has 1 aromatic rings. The Labute approximate surface area is 185 Å². The molecule has 0 atom stereocenters. The van der Waals surface area contributed by atoms with Crippen LogP contribution < -0.4 is 5.32 Å². The first-order chi connectivity index (χ1) is 14.7. The number of amides is 1. The van der Waals surface area contributed by atoms with Gasteiger partial charge in [0.15, 0.2) is 11.8 Å². The lowest BCUT2D eigenvalue weighted by molar-refractivity contribution is 0.00928. The van der Waals surface area contributed by atoms with E-state index in [-0.39, 0.29) is 12.1 Å². The van der Waals surface area contributed by atoms with Crippen molar-refractivity contribution in [2.24, 2.45) is 10.9 Å². The molecule has 2 fully saturated rings. The van der Waals surface area contributed by atoms with Crippen molar-refractivity contribution >= 4 is 12.1 Å². The van der Waals surface area contributed by atoms with Crippen LogP contribution in [0.15, 0.2) is 9.52 Å². The summed E-state index contributed by atoms with van der Waals surface area (Å²) < 4.78 is 10.9. The highest BCUT2D eigenvalue weighted by atomic mass is 16.6. The maximum atomic E-state index is 12.9. The number of aryl methyl sites for hydroxylation is 1. The Hall–Kier alpha value is -2.32. The Morgan fingerprint density at radius 1 is 1.29 bits per heavy atom. The van der Waals surface area contributed by atoms with Crippen LogP contribution in [0.4, 0.5) is 4.79 Å². The predicted molar refractivity (Wildman–Crippen MR) is 119 cm³/mol. The zero-order valence-corrected chi connectivity index (χ0v) is 19.7.